The third-order valence-electron chi connectivity index (χ3n) is 3.02. The van der Waals surface area contributed by atoms with Crippen LogP contribution in [0.2, 0.25) is 0 Å². The Morgan fingerprint density at radius 1 is 1.32 bits per heavy atom. The summed E-state index contributed by atoms with van der Waals surface area (Å²) in [6.45, 7) is 5.81. The van der Waals surface area contributed by atoms with Gasteiger partial charge in [-0.3, -0.25) is 0 Å². The van der Waals surface area contributed by atoms with Crippen LogP contribution in [0, 0.1) is 6.92 Å². The molecule has 0 radical (unpaired) electrons. The molecule has 1 unspecified atom stereocenters. The van der Waals surface area contributed by atoms with Crippen LogP contribution in [0.1, 0.15) is 25.8 Å². The summed E-state index contributed by atoms with van der Waals surface area (Å²) in [5.74, 6) is 0. The molecule has 19 heavy (non-hydrogen) atoms. The van der Waals surface area contributed by atoms with Gasteiger partial charge >= 0.3 is 0 Å². The number of benzene rings is 1. The first-order chi connectivity index (χ1) is 8.81. The van der Waals surface area contributed by atoms with Crippen LogP contribution >= 0.6 is 0 Å². The molecule has 0 saturated heterocycles. The lowest BCUT2D eigenvalue weighted by molar-refractivity contribution is 0.00146. The van der Waals surface area contributed by atoms with Crippen LogP contribution in [-0.2, 0) is 14.9 Å². The van der Waals surface area contributed by atoms with Crippen molar-refractivity contribution in [2.45, 2.75) is 37.7 Å². The molecule has 1 aromatic carbocycles. The number of aryl methyl sites for hydroxylation is 1. The molecule has 0 amide bonds. The van der Waals surface area contributed by atoms with E-state index in [1.54, 1.807) is 24.3 Å². The fourth-order valence-electron chi connectivity index (χ4n) is 1.94. The zero-order chi connectivity index (χ0) is 14.1. The zero-order valence-corrected chi connectivity index (χ0v) is 12.1. The summed E-state index contributed by atoms with van der Waals surface area (Å²) in [6, 6.07) is 6.74. The number of rotatable bonds is 4. The van der Waals surface area contributed by atoms with Gasteiger partial charge in [0.05, 0.1) is 17.2 Å². The fourth-order valence-corrected chi connectivity index (χ4v) is 3.09. The molecule has 0 bridgehead atoms. The number of nitrogens with zero attached hydrogens (tertiary/aromatic N) is 1. The molecule has 1 heterocycles. The Hall–Kier alpha value is -1.40. The van der Waals surface area contributed by atoms with E-state index in [0.717, 1.165) is 11.3 Å². The Morgan fingerprint density at radius 2 is 1.95 bits per heavy atom. The Balaban J connectivity index is 2.04. The maximum atomic E-state index is 12.1. The molecule has 0 spiro atoms. The number of nitrogens with one attached hydrogen (secondary N) is 1. The lowest BCUT2D eigenvalue weighted by Crippen LogP contribution is -2.40. The minimum Gasteiger partial charge on any atom is -0.388 e. The molecular weight excluding hydrogens is 264 g/mol. The largest absolute Gasteiger partial charge is 0.388 e. The second-order valence-corrected chi connectivity index (χ2v) is 6.95. The van der Waals surface area contributed by atoms with Crippen LogP contribution in [0.4, 0.5) is 0 Å². The zero-order valence-electron chi connectivity index (χ0n) is 11.3. The van der Waals surface area contributed by atoms with Gasteiger partial charge in [-0.05, 0) is 32.9 Å². The van der Waals surface area contributed by atoms with Crippen molar-refractivity contribution in [3.8, 4) is 0 Å². The van der Waals surface area contributed by atoms with Crippen LogP contribution in [0.5, 0.6) is 0 Å². The average Bonchev–Trinajstić information content (AvgIpc) is 2.68. The van der Waals surface area contributed by atoms with E-state index >= 15 is 0 Å². The summed E-state index contributed by atoms with van der Waals surface area (Å²) in [4.78, 5) is 5.53. The summed E-state index contributed by atoms with van der Waals surface area (Å²) in [5.41, 5.74) is 1.30. The van der Waals surface area contributed by atoms with Crippen molar-refractivity contribution in [2.75, 3.05) is 6.54 Å². The number of oxime groups is 1. The molecule has 1 N–H and O–H groups in total. The molecule has 1 aromatic rings. The first-order valence-corrected chi connectivity index (χ1v) is 7.57. The molecule has 0 fully saturated rings. The van der Waals surface area contributed by atoms with Gasteiger partial charge in [0.1, 0.15) is 0 Å². The van der Waals surface area contributed by atoms with Crippen molar-refractivity contribution < 1.29 is 13.3 Å². The lowest BCUT2D eigenvalue weighted by Gasteiger charge is -2.21. The van der Waals surface area contributed by atoms with Gasteiger partial charge in [-0.25, -0.2) is 13.1 Å². The van der Waals surface area contributed by atoms with Crippen LogP contribution in [-0.4, -0.2) is 26.3 Å². The van der Waals surface area contributed by atoms with Gasteiger partial charge in [-0.15, -0.1) is 0 Å². The van der Waals surface area contributed by atoms with Crippen LogP contribution in [0.3, 0.4) is 0 Å². The van der Waals surface area contributed by atoms with Gasteiger partial charge in [0, 0.05) is 6.42 Å². The quantitative estimate of drug-likeness (QED) is 0.916. The second-order valence-electron chi connectivity index (χ2n) is 5.18. The van der Waals surface area contributed by atoms with Gasteiger partial charge in [-0.2, -0.15) is 0 Å². The molecule has 5 nitrogen and oxygen atoms in total. The number of hydrogen-bond donors (Lipinski definition) is 1. The molecule has 1 aliphatic rings. The van der Waals surface area contributed by atoms with E-state index in [9.17, 15) is 8.42 Å². The standard InChI is InChI=1S/C13H18N2O3S/c1-10-4-6-12(7-5-10)19(16,17)14-9-13(3)8-11(2)15-18-13/h4-7,14H,8-9H2,1-3H3. The van der Waals surface area contributed by atoms with Gasteiger partial charge < -0.3 is 4.84 Å². The SMILES string of the molecule is CC1=NOC(C)(CNS(=O)(=O)c2ccc(C)cc2)C1. The van der Waals surface area contributed by atoms with E-state index < -0.39 is 15.6 Å². The van der Waals surface area contributed by atoms with E-state index in [0.29, 0.717) is 6.42 Å². The van der Waals surface area contributed by atoms with Crippen LogP contribution in [0.25, 0.3) is 0 Å². The third-order valence-corrected chi connectivity index (χ3v) is 4.44. The fraction of sp³-hybridized carbons (Fsp3) is 0.462. The van der Waals surface area contributed by atoms with Crippen LogP contribution < -0.4 is 4.72 Å². The number of sulfonamides is 1. The lowest BCUT2D eigenvalue weighted by atomic mass is 10.0. The second kappa shape index (κ2) is 4.94. The van der Waals surface area contributed by atoms with Gasteiger partial charge in [0.25, 0.3) is 0 Å². The molecule has 1 aliphatic heterocycles. The van der Waals surface area contributed by atoms with E-state index in [-0.39, 0.29) is 11.4 Å². The van der Waals surface area contributed by atoms with E-state index in [1.165, 1.54) is 0 Å². The summed E-state index contributed by atoms with van der Waals surface area (Å²) in [6.07, 6.45) is 0.628. The van der Waals surface area contributed by atoms with Gasteiger partial charge in [-0.1, -0.05) is 22.9 Å². The summed E-state index contributed by atoms with van der Waals surface area (Å²) in [5, 5.41) is 3.86. The van der Waals surface area contributed by atoms with Crippen molar-refractivity contribution >= 4 is 15.7 Å². The minimum atomic E-state index is -3.50. The molecule has 6 heteroatoms. The topological polar surface area (TPSA) is 67.8 Å². The monoisotopic (exact) mass is 282 g/mol. The Labute approximate surface area is 113 Å². The van der Waals surface area contributed by atoms with Crippen molar-refractivity contribution in [1.29, 1.82) is 0 Å². The van der Waals surface area contributed by atoms with Crippen molar-refractivity contribution in [1.82, 2.24) is 4.72 Å². The predicted octanol–water partition coefficient (Wildman–Crippen LogP) is 1.83. The predicted molar refractivity (Wildman–Crippen MR) is 73.6 cm³/mol. The Kier molecular flexibility index (Phi) is 3.64. The van der Waals surface area contributed by atoms with Crippen molar-refractivity contribution in [2.24, 2.45) is 5.16 Å². The first-order valence-electron chi connectivity index (χ1n) is 6.09. The summed E-state index contributed by atoms with van der Waals surface area (Å²) in [7, 11) is -3.50. The molecule has 104 valence electrons. The maximum absolute atomic E-state index is 12.1. The maximum Gasteiger partial charge on any atom is 0.240 e. The highest BCUT2D eigenvalue weighted by Crippen LogP contribution is 2.23. The van der Waals surface area contributed by atoms with E-state index in [2.05, 4.69) is 9.88 Å². The van der Waals surface area contributed by atoms with Crippen molar-refractivity contribution in [3.05, 3.63) is 29.8 Å². The highest BCUT2D eigenvalue weighted by Gasteiger charge is 2.34. The Bertz CT molecular complexity index is 593. The smallest absolute Gasteiger partial charge is 0.240 e. The summed E-state index contributed by atoms with van der Waals surface area (Å²) < 4.78 is 26.8. The normalized spacial score (nSPS) is 23.0. The Morgan fingerprint density at radius 3 is 2.47 bits per heavy atom. The molecular formula is C13H18N2O3S. The molecule has 0 aliphatic carbocycles. The molecule has 1 atom stereocenters. The highest BCUT2D eigenvalue weighted by molar-refractivity contribution is 7.89. The van der Waals surface area contributed by atoms with Crippen LogP contribution in [0.15, 0.2) is 34.3 Å². The average molecular weight is 282 g/mol. The van der Waals surface area contributed by atoms with Gasteiger partial charge in [0.2, 0.25) is 10.0 Å². The number of hydrogen-bond acceptors (Lipinski definition) is 4. The molecule has 0 saturated carbocycles. The minimum absolute atomic E-state index is 0.198. The first kappa shape index (κ1) is 14.0. The summed E-state index contributed by atoms with van der Waals surface area (Å²) >= 11 is 0. The van der Waals surface area contributed by atoms with E-state index in [4.69, 9.17) is 4.84 Å². The molecule has 2 rings (SSSR count). The van der Waals surface area contributed by atoms with Gasteiger partial charge in [0.15, 0.2) is 5.60 Å². The third kappa shape index (κ3) is 3.33. The van der Waals surface area contributed by atoms with Crippen molar-refractivity contribution in [3.63, 3.8) is 0 Å². The van der Waals surface area contributed by atoms with E-state index in [1.807, 2.05) is 20.8 Å². The molecule has 0 aromatic heterocycles. The highest BCUT2D eigenvalue weighted by atomic mass is 32.2.